The fraction of sp³-hybridized carbons (Fsp3) is 0.667. The number of aryl methyl sites for hydroxylation is 1. The van der Waals surface area contributed by atoms with Crippen LogP contribution in [0.25, 0.3) is 0 Å². The zero-order valence-electron chi connectivity index (χ0n) is 13.3. The van der Waals surface area contributed by atoms with Crippen molar-refractivity contribution in [3.8, 4) is 0 Å². The topological polar surface area (TPSA) is 29.3 Å². The Morgan fingerprint density at radius 1 is 1.15 bits per heavy atom. The maximum atomic E-state index is 6.08. The van der Waals surface area contributed by atoms with E-state index >= 15 is 0 Å². The summed E-state index contributed by atoms with van der Waals surface area (Å²) < 4.78 is 0. The van der Waals surface area contributed by atoms with E-state index in [0.29, 0.717) is 6.04 Å². The lowest BCUT2D eigenvalue weighted by Gasteiger charge is -2.37. The van der Waals surface area contributed by atoms with Crippen LogP contribution in [0.1, 0.15) is 43.7 Å². The lowest BCUT2D eigenvalue weighted by molar-refractivity contribution is 0.130. The largest absolute Gasteiger partial charge is 0.329 e. The molecule has 0 spiro atoms. The van der Waals surface area contributed by atoms with E-state index in [1.54, 1.807) is 0 Å². The van der Waals surface area contributed by atoms with Gasteiger partial charge in [-0.25, -0.2) is 0 Å². The van der Waals surface area contributed by atoms with Crippen molar-refractivity contribution in [1.29, 1.82) is 0 Å². The number of benzene rings is 1. The van der Waals surface area contributed by atoms with Crippen LogP contribution in [0.3, 0.4) is 0 Å². The highest BCUT2D eigenvalue weighted by molar-refractivity contribution is 5.21. The molecule has 0 radical (unpaired) electrons. The summed E-state index contributed by atoms with van der Waals surface area (Å²) in [5.74, 6) is 1.69. The molecule has 1 saturated carbocycles. The van der Waals surface area contributed by atoms with E-state index in [9.17, 15) is 0 Å². The minimum Gasteiger partial charge on any atom is -0.329 e. The SMILES string of the molecule is Cc1ccc(CN(C)C(CN)C2CCC(C)CC2)cc1. The normalized spacial score (nSPS) is 24.9. The highest BCUT2D eigenvalue weighted by Crippen LogP contribution is 2.32. The zero-order valence-corrected chi connectivity index (χ0v) is 13.3. The molecule has 0 heterocycles. The van der Waals surface area contributed by atoms with Crippen molar-refractivity contribution in [3.63, 3.8) is 0 Å². The molecule has 0 bridgehead atoms. The van der Waals surface area contributed by atoms with Gasteiger partial charge in [-0.05, 0) is 44.2 Å². The van der Waals surface area contributed by atoms with Gasteiger partial charge >= 0.3 is 0 Å². The Bertz CT molecular complexity index is 390. The molecule has 2 heteroatoms. The molecule has 1 aliphatic carbocycles. The molecule has 1 unspecified atom stereocenters. The van der Waals surface area contributed by atoms with Gasteiger partial charge in [0.1, 0.15) is 0 Å². The van der Waals surface area contributed by atoms with Crippen molar-refractivity contribution in [3.05, 3.63) is 35.4 Å². The van der Waals surface area contributed by atoms with Gasteiger partial charge in [-0.1, -0.05) is 49.6 Å². The molecule has 0 aliphatic heterocycles. The minimum atomic E-state index is 0.531. The smallest absolute Gasteiger partial charge is 0.0247 e. The predicted molar refractivity (Wildman–Crippen MR) is 86.6 cm³/mol. The number of nitrogens with zero attached hydrogens (tertiary/aromatic N) is 1. The summed E-state index contributed by atoms with van der Waals surface area (Å²) >= 11 is 0. The molecule has 2 rings (SSSR count). The molecule has 112 valence electrons. The first-order valence-electron chi connectivity index (χ1n) is 8.06. The summed E-state index contributed by atoms with van der Waals surface area (Å²) in [6.45, 7) is 6.30. The summed E-state index contributed by atoms with van der Waals surface area (Å²) in [6, 6.07) is 9.40. The third kappa shape index (κ3) is 4.07. The van der Waals surface area contributed by atoms with Crippen molar-refractivity contribution in [2.75, 3.05) is 13.6 Å². The van der Waals surface area contributed by atoms with Crippen molar-refractivity contribution in [1.82, 2.24) is 4.90 Å². The van der Waals surface area contributed by atoms with Gasteiger partial charge in [-0.3, -0.25) is 4.90 Å². The number of likely N-dealkylation sites (N-methyl/N-ethyl adjacent to an activating group) is 1. The molecule has 1 aromatic rings. The first-order chi connectivity index (χ1) is 9.60. The standard InChI is InChI=1S/C18H30N2/c1-14-4-8-16(9-5-14)13-20(3)18(12-19)17-10-6-15(2)7-11-17/h4-5,8-9,15,17-18H,6-7,10-13,19H2,1-3H3. The highest BCUT2D eigenvalue weighted by Gasteiger charge is 2.27. The third-order valence-corrected chi connectivity index (χ3v) is 4.96. The van der Waals surface area contributed by atoms with Gasteiger partial charge in [0.25, 0.3) is 0 Å². The molecule has 20 heavy (non-hydrogen) atoms. The third-order valence-electron chi connectivity index (χ3n) is 4.96. The first-order valence-corrected chi connectivity index (χ1v) is 8.06. The number of rotatable bonds is 5. The van der Waals surface area contributed by atoms with Crippen LogP contribution in [0.15, 0.2) is 24.3 Å². The number of hydrogen-bond acceptors (Lipinski definition) is 2. The van der Waals surface area contributed by atoms with Crippen LogP contribution in [0, 0.1) is 18.8 Å². The maximum absolute atomic E-state index is 6.08. The van der Waals surface area contributed by atoms with E-state index in [4.69, 9.17) is 5.73 Å². The molecule has 1 fully saturated rings. The number of nitrogens with two attached hydrogens (primary N) is 1. The minimum absolute atomic E-state index is 0.531. The Morgan fingerprint density at radius 2 is 1.75 bits per heavy atom. The fourth-order valence-corrected chi connectivity index (χ4v) is 3.50. The second kappa shape index (κ2) is 7.24. The van der Waals surface area contributed by atoms with Crippen molar-refractivity contribution in [2.45, 2.75) is 52.1 Å². The Balaban J connectivity index is 1.94. The van der Waals surface area contributed by atoms with Gasteiger partial charge in [-0.2, -0.15) is 0 Å². The van der Waals surface area contributed by atoms with Gasteiger partial charge < -0.3 is 5.73 Å². The molecule has 1 aromatic carbocycles. The average Bonchev–Trinajstić information content (AvgIpc) is 2.44. The van der Waals surface area contributed by atoms with Crippen LogP contribution < -0.4 is 5.73 Å². The summed E-state index contributed by atoms with van der Waals surface area (Å²) in [6.07, 6.45) is 5.45. The molecular formula is C18H30N2. The lowest BCUT2D eigenvalue weighted by atomic mass is 9.79. The van der Waals surface area contributed by atoms with Crippen LogP contribution in [-0.4, -0.2) is 24.5 Å². The van der Waals surface area contributed by atoms with Crippen LogP contribution >= 0.6 is 0 Å². The average molecular weight is 274 g/mol. The van der Waals surface area contributed by atoms with E-state index in [-0.39, 0.29) is 0 Å². The zero-order chi connectivity index (χ0) is 14.5. The van der Waals surface area contributed by atoms with E-state index < -0.39 is 0 Å². The summed E-state index contributed by atoms with van der Waals surface area (Å²) in [4.78, 5) is 2.46. The molecule has 1 aliphatic rings. The van der Waals surface area contributed by atoms with Crippen molar-refractivity contribution < 1.29 is 0 Å². The molecule has 0 aromatic heterocycles. The summed E-state index contributed by atoms with van der Waals surface area (Å²) in [7, 11) is 2.23. The van der Waals surface area contributed by atoms with E-state index in [1.165, 1.54) is 36.8 Å². The van der Waals surface area contributed by atoms with Crippen LogP contribution in [0.5, 0.6) is 0 Å². The van der Waals surface area contributed by atoms with Crippen LogP contribution in [0.4, 0.5) is 0 Å². The van der Waals surface area contributed by atoms with E-state index in [2.05, 4.69) is 50.1 Å². The Kier molecular flexibility index (Phi) is 5.62. The molecule has 0 amide bonds. The first kappa shape index (κ1) is 15.5. The molecule has 2 nitrogen and oxygen atoms in total. The monoisotopic (exact) mass is 274 g/mol. The van der Waals surface area contributed by atoms with E-state index in [0.717, 1.165) is 24.9 Å². The second-order valence-corrected chi connectivity index (χ2v) is 6.72. The molecule has 1 atom stereocenters. The Morgan fingerprint density at radius 3 is 2.30 bits per heavy atom. The number of hydrogen-bond donors (Lipinski definition) is 1. The van der Waals surface area contributed by atoms with Crippen molar-refractivity contribution in [2.24, 2.45) is 17.6 Å². The van der Waals surface area contributed by atoms with Gasteiger partial charge in [0.2, 0.25) is 0 Å². The molecule has 0 saturated heterocycles. The highest BCUT2D eigenvalue weighted by atomic mass is 15.1. The Labute approximate surface area is 124 Å². The van der Waals surface area contributed by atoms with Gasteiger partial charge in [0.05, 0.1) is 0 Å². The Hall–Kier alpha value is -0.860. The summed E-state index contributed by atoms with van der Waals surface area (Å²) in [5, 5.41) is 0. The van der Waals surface area contributed by atoms with Gasteiger partial charge in [-0.15, -0.1) is 0 Å². The quantitative estimate of drug-likeness (QED) is 0.889. The van der Waals surface area contributed by atoms with Gasteiger partial charge in [0, 0.05) is 19.1 Å². The van der Waals surface area contributed by atoms with Crippen molar-refractivity contribution >= 4 is 0 Å². The summed E-state index contributed by atoms with van der Waals surface area (Å²) in [5.41, 5.74) is 8.79. The fourth-order valence-electron chi connectivity index (χ4n) is 3.50. The van der Waals surface area contributed by atoms with Crippen LogP contribution in [-0.2, 0) is 6.54 Å². The lowest BCUT2D eigenvalue weighted by Crippen LogP contribution is -2.44. The van der Waals surface area contributed by atoms with E-state index in [1.807, 2.05) is 0 Å². The maximum Gasteiger partial charge on any atom is 0.0247 e. The van der Waals surface area contributed by atoms with Crippen LogP contribution in [0.2, 0.25) is 0 Å². The molecular weight excluding hydrogens is 244 g/mol. The van der Waals surface area contributed by atoms with Gasteiger partial charge in [0.15, 0.2) is 0 Å². The predicted octanol–water partition coefficient (Wildman–Crippen LogP) is 3.58. The molecule has 2 N–H and O–H groups in total. The second-order valence-electron chi connectivity index (χ2n) is 6.72.